The number of likely N-dealkylation sites (tertiary alicyclic amines) is 1. The van der Waals surface area contributed by atoms with Crippen molar-refractivity contribution in [2.75, 3.05) is 45.9 Å². The van der Waals surface area contributed by atoms with E-state index in [4.69, 9.17) is 9.47 Å². The number of piperazine rings is 1. The number of rotatable bonds is 6. The van der Waals surface area contributed by atoms with Gasteiger partial charge >= 0.3 is 0 Å². The van der Waals surface area contributed by atoms with Crippen molar-refractivity contribution in [2.45, 2.75) is 39.2 Å². The molecule has 0 bridgehead atoms. The van der Waals surface area contributed by atoms with E-state index >= 15 is 0 Å². The highest BCUT2D eigenvalue weighted by molar-refractivity contribution is 5.95. The summed E-state index contributed by atoms with van der Waals surface area (Å²) in [5.74, 6) is 0.988. The number of nitrogens with zero attached hydrogens (tertiary/aromatic N) is 2. The molecule has 0 saturated carbocycles. The molecule has 2 heterocycles. The minimum atomic E-state index is -0.0117. The molecular weight excluding hydrogens is 394 g/mol. The molecule has 2 saturated heterocycles. The average molecular weight is 426 g/mol. The van der Waals surface area contributed by atoms with E-state index in [0.717, 1.165) is 39.0 Å². The van der Waals surface area contributed by atoms with E-state index in [2.05, 4.69) is 5.32 Å². The Bertz CT molecular complexity index is 695. The molecule has 0 aromatic heterocycles. The fourth-order valence-electron chi connectivity index (χ4n) is 3.71. The first-order valence-corrected chi connectivity index (χ1v) is 10.3. The molecule has 1 atom stereocenters. The van der Waals surface area contributed by atoms with Crippen LogP contribution in [-0.4, -0.2) is 73.6 Å². The smallest absolute Gasteiger partial charge is 0.260 e. The lowest BCUT2D eigenvalue weighted by Gasteiger charge is -2.34. The predicted molar refractivity (Wildman–Crippen MR) is 114 cm³/mol. The second-order valence-electron chi connectivity index (χ2n) is 7.38. The third-order valence-corrected chi connectivity index (χ3v) is 5.31. The van der Waals surface area contributed by atoms with Gasteiger partial charge in [-0.1, -0.05) is 0 Å². The van der Waals surface area contributed by atoms with Gasteiger partial charge in [0.2, 0.25) is 0 Å². The maximum Gasteiger partial charge on any atom is 0.260 e. The Hall–Kier alpha value is -1.99. The van der Waals surface area contributed by atoms with Crippen LogP contribution in [0.3, 0.4) is 0 Å². The van der Waals surface area contributed by atoms with E-state index in [1.807, 2.05) is 23.6 Å². The molecule has 0 aliphatic carbocycles. The first-order chi connectivity index (χ1) is 13.6. The van der Waals surface area contributed by atoms with Gasteiger partial charge in [-0.15, -0.1) is 12.4 Å². The fourth-order valence-corrected chi connectivity index (χ4v) is 3.71. The number of nitrogens with one attached hydrogen (secondary N) is 1. The highest BCUT2D eigenvalue weighted by Gasteiger charge is 2.25. The van der Waals surface area contributed by atoms with Gasteiger partial charge in [0.05, 0.1) is 6.61 Å². The number of halogens is 1. The van der Waals surface area contributed by atoms with Crippen molar-refractivity contribution in [1.29, 1.82) is 0 Å². The van der Waals surface area contributed by atoms with Gasteiger partial charge in [0.15, 0.2) is 18.1 Å². The van der Waals surface area contributed by atoms with Crippen molar-refractivity contribution in [1.82, 2.24) is 15.1 Å². The fraction of sp³-hybridized carbons (Fsp3) is 0.619. The molecule has 1 aromatic carbocycles. The lowest BCUT2D eigenvalue weighted by atomic mass is 10.1. The Labute approximate surface area is 179 Å². The van der Waals surface area contributed by atoms with Gasteiger partial charge in [-0.25, -0.2) is 0 Å². The summed E-state index contributed by atoms with van der Waals surface area (Å²) >= 11 is 0. The Kier molecular flexibility index (Phi) is 9.04. The molecule has 0 unspecified atom stereocenters. The number of carbonyl (C=O) groups excluding carboxylic acids is 2. The van der Waals surface area contributed by atoms with Crippen LogP contribution < -0.4 is 14.8 Å². The maximum absolute atomic E-state index is 12.9. The molecule has 1 N–H and O–H groups in total. The average Bonchev–Trinajstić information content (AvgIpc) is 2.73. The summed E-state index contributed by atoms with van der Waals surface area (Å²) in [7, 11) is 0. The van der Waals surface area contributed by atoms with Gasteiger partial charge in [0, 0.05) is 44.3 Å². The maximum atomic E-state index is 12.9. The minimum absolute atomic E-state index is 0. The van der Waals surface area contributed by atoms with Crippen molar-refractivity contribution in [3.63, 3.8) is 0 Å². The van der Waals surface area contributed by atoms with Crippen molar-refractivity contribution in [2.24, 2.45) is 0 Å². The summed E-state index contributed by atoms with van der Waals surface area (Å²) in [5.41, 5.74) is 0.576. The summed E-state index contributed by atoms with van der Waals surface area (Å²) < 4.78 is 11.4. The second kappa shape index (κ2) is 11.3. The molecule has 2 aliphatic rings. The second-order valence-corrected chi connectivity index (χ2v) is 7.38. The van der Waals surface area contributed by atoms with Gasteiger partial charge < -0.3 is 24.6 Å². The molecule has 2 aliphatic heterocycles. The van der Waals surface area contributed by atoms with Crippen LogP contribution in [0, 0.1) is 0 Å². The molecule has 29 heavy (non-hydrogen) atoms. The van der Waals surface area contributed by atoms with E-state index in [-0.39, 0.29) is 36.9 Å². The minimum Gasteiger partial charge on any atom is -0.490 e. The number of amides is 2. The number of hydrogen-bond donors (Lipinski definition) is 1. The van der Waals surface area contributed by atoms with E-state index in [1.165, 1.54) is 6.42 Å². The molecule has 7 nitrogen and oxygen atoms in total. The van der Waals surface area contributed by atoms with Crippen LogP contribution >= 0.6 is 12.4 Å². The summed E-state index contributed by atoms with van der Waals surface area (Å²) in [5, 5.41) is 3.29. The van der Waals surface area contributed by atoms with Gasteiger partial charge in [-0.05, 0) is 51.3 Å². The summed E-state index contributed by atoms with van der Waals surface area (Å²) in [6.07, 6.45) is 3.29. The molecule has 2 amide bonds. The summed E-state index contributed by atoms with van der Waals surface area (Å²) in [6.45, 7) is 8.26. The number of ether oxygens (including phenoxy) is 2. The van der Waals surface area contributed by atoms with E-state index in [0.29, 0.717) is 30.2 Å². The Morgan fingerprint density at radius 1 is 1.10 bits per heavy atom. The molecule has 3 rings (SSSR count). The molecule has 1 aromatic rings. The third kappa shape index (κ3) is 6.00. The highest BCUT2D eigenvalue weighted by Crippen LogP contribution is 2.29. The topological polar surface area (TPSA) is 71.1 Å². The number of hydrogen-bond acceptors (Lipinski definition) is 5. The van der Waals surface area contributed by atoms with Crippen molar-refractivity contribution >= 4 is 24.2 Å². The van der Waals surface area contributed by atoms with Crippen molar-refractivity contribution in [3.8, 4) is 11.5 Å². The van der Waals surface area contributed by atoms with Crippen molar-refractivity contribution in [3.05, 3.63) is 23.8 Å². The van der Waals surface area contributed by atoms with E-state index in [9.17, 15) is 9.59 Å². The monoisotopic (exact) mass is 425 g/mol. The highest BCUT2D eigenvalue weighted by atomic mass is 35.5. The van der Waals surface area contributed by atoms with Gasteiger partial charge in [0.1, 0.15) is 0 Å². The lowest BCUT2D eigenvalue weighted by Crippen LogP contribution is -2.52. The van der Waals surface area contributed by atoms with Crippen LogP contribution in [-0.2, 0) is 4.79 Å². The molecular formula is C21H32ClN3O4. The molecule has 162 valence electrons. The Balaban J connectivity index is 0.00000300. The van der Waals surface area contributed by atoms with Crippen LogP contribution in [0.2, 0.25) is 0 Å². The van der Waals surface area contributed by atoms with Crippen LogP contribution in [0.25, 0.3) is 0 Å². The zero-order valence-corrected chi connectivity index (χ0v) is 18.1. The largest absolute Gasteiger partial charge is 0.490 e. The molecule has 0 spiro atoms. The summed E-state index contributed by atoms with van der Waals surface area (Å²) in [4.78, 5) is 29.0. The van der Waals surface area contributed by atoms with Gasteiger partial charge in [0.25, 0.3) is 11.8 Å². The normalized spacial score (nSPS) is 19.3. The number of piperidine rings is 1. The molecule has 2 fully saturated rings. The van der Waals surface area contributed by atoms with Crippen LogP contribution in [0.4, 0.5) is 0 Å². The number of carbonyl (C=O) groups is 2. The van der Waals surface area contributed by atoms with Crippen LogP contribution in [0.1, 0.15) is 43.5 Å². The lowest BCUT2D eigenvalue weighted by molar-refractivity contribution is -0.134. The van der Waals surface area contributed by atoms with E-state index in [1.54, 1.807) is 18.2 Å². The van der Waals surface area contributed by atoms with E-state index < -0.39 is 0 Å². The zero-order valence-electron chi connectivity index (χ0n) is 17.3. The first-order valence-electron chi connectivity index (χ1n) is 10.3. The molecule has 8 heteroatoms. The Morgan fingerprint density at radius 3 is 2.55 bits per heavy atom. The summed E-state index contributed by atoms with van der Waals surface area (Å²) in [6, 6.07) is 5.35. The quantitative estimate of drug-likeness (QED) is 0.757. The van der Waals surface area contributed by atoms with Gasteiger partial charge in [-0.2, -0.15) is 0 Å². The Morgan fingerprint density at radius 2 is 1.86 bits per heavy atom. The standard InChI is InChI=1S/C21H31N3O4.ClH/c1-3-27-19-13-17(21(26)24-12-9-22-14-16(24)2)7-8-18(19)28-15-20(25)23-10-5-4-6-11-23;/h7-8,13,16,22H,3-6,9-12,14-15H2,1-2H3;1H/t16-;/m0./s1. The van der Waals surface area contributed by atoms with Crippen molar-refractivity contribution < 1.29 is 19.1 Å². The zero-order chi connectivity index (χ0) is 19.9. The number of benzene rings is 1. The molecule has 0 radical (unpaired) electrons. The van der Waals surface area contributed by atoms with Crippen LogP contribution in [0.5, 0.6) is 11.5 Å². The SMILES string of the molecule is CCOc1cc(C(=O)N2CCNC[C@@H]2C)ccc1OCC(=O)N1CCCCC1.Cl. The van der Waals surface area contributed by atoms with Crippen LogP contribution in [0.15, 0.2) is 18.2 Å². The first kappa shape index (κ1) is 23.3. The van der Waals surface area contributed by atoms with Gasteiger partial charge in [-0.3, -0.25) is 9.59 Å². The third-order valence-electron chi connectivity index (χ3n) is 5.31. The predicted octanol–water partition coefficient (Wildman–Crippen LogP) is 2.33.